The van der Waals surface area contributed by atoms with Crippen LogP contribution in [-0.4, -0.2) is 32.0 Å². The maximum atomic E-state index is 10.8. The molecule has 1 aromatic rings. The zero-order valence-electron chi connectivity index (χ0n) is 7.91. The number of sulfonamides is 1. The van der Waals surface area contributed by atoms with Crippen LogP contribution in [0.2, 0.25) is 0 Å². The summed E-state index contributed by atoms with van der Waals surface area (Å²) in [6.07, 6.45) is 1.04. The number of hydrogen-bond acceptors (Lipinski definition) is 5. The Morgan fingerprint density at radius 2 is 1.80 bits per heavy atom. The number of hydrogen-bond donors (Lipinski definition) is 3. The Morgan fingerprint density at radius 1 is 1.27 bits per heavy atom. The van der Waals surface area contributed by atoms with Gasteiger partial charge in [0.2, 0.25) is 10.0 Å². The van der Waals surface area contributed by atoms with Gasteiger partial charge in [0.25, 0.3) is 0 Å². The topological polar surface area (TPSA) is 95.9 Å². The van der Waals surface area contributed by atoms with Gasteiger partial charge in [-0.15, -0.1) is 0 Å². The van der Waals surface area contributed by atoms with Crippen LogP contribution in [0.3, 0.4) is 0 Å². The zero-order valence-corrected chi connectivity index (χ0v) is 8.73. The lowest BCUT2D eigenvalue weighted by molar-refractivity contribution is 0.288. The van der Waals surface area contributed by atoms with E-state index in [2.05, 4.69) is 9.38 Å². The predicted octanol–water partition coefficient (Wildman–Crippen LogP) is -0.594. The van der Waals surface area contributed by atoms with Crippen molar-refractivity contribution < 1.29 is 23.1 Å². The lowest BCUT2D eigenvalue weighted by Crippen LogP contribution is -2.20. The fourth-order valence-electron chi connectivity index (χ4n) is 0.937. The molecule has 8 heteroatoms. The lowest BCUT2D eigenvalue weighted by atomic mass is 10.2. The van der Waals surface area contributed by atoms with Gasteiger partial charge in [-0.25, -0.2) is 8.42 Å². The molecule has 0 aliphatic carbocycles. The van der Waals surface area contributed by atoms with Crippen molar-refractivity contribution in [1.82, 2.24) is 0 Å². The molecule has 0 amide bonds. The van der Waals surface area contributed by atoms with E-state index in [4.69, 9.17) is 10.0 Å². The predicted molar refractivity (Wildman–Crippen MR) is 55.7 cm³/mol. The summed E-state index contributed by atoms with van der Waals surface area (Å²) in [6.45, 7) is 0. The van der Waals surface area contributed by atoms with Crippen LogP contribution in [0.4, 0.5) is 5.69 Å². The first kappa shape index (κ1) is 11.8. The zero-order chi connectivity index (χ0) is 11.5. The molecule has 0 aliphatic rings. The van der Waals surface area contributed by atoms with E-state index in [1.807, 2.05) is 0 Å². The largest absolute Gasteiger partial charge is 0.707 e. The first-order valence-corrected chi connectivity index (χ1v) is 5.86. The van der Waals surface area contributed by atoms with Gasteiger partial charge in [-0.2, -0.15) is 0 Å². The van der Waals surface area contributed by atoms with Gasteiger partial charge in [0.05, 0.1) is 6.26 Å². The Bertz CT molecular complexity index is 416. The first-order valence-electron chi connectivity index (χ1n) is 3.97. The molecule has 0 heterocycles. The minimum atomic E-state index is -3.30. The van der Waals surface area contributed by atoms with Crippen molar-refractivity contribution in [1.29, 1.82) is 0 Å². The summed E-state index contributed by atoms with van der Waals surface area (Å²) in [4.78, 5) is 0. The molecule has 82 valence electrons. The monoisotopic (exact) mass is 231 g/mol. The summed E-state index contributed by atoms with van der Waals surface area (Å²) in [5.74, 6) is 0.226. The Labute approximate surface area is 87.7 Å². The molecule has 0 aliphatic heterocycles. The van der Waals surface area contributed by atoms with Crippen molar-refractivity contribution >= 4 is 23.0 Å². The highest BCUT2D eigenvalue weighted by atomic mass is 32.2. The quantitative estimate of drug-likeness (QED) is 0.601. The molecule has 0 atom stereocenters. The van der Waals surface area contributed by atoms with Gasteiger partial charge in [0.1, 0.15) is 5.75 Å². The molecular weight excluding hydrogens is 221 g/mol. The number of nitrogens with one attached hydrogen (secondary N) is 1. The van der Waals surface area contributed by atoms with Gasteiger partial charge in [-0.05, 0) is 24.3 Å². The Kier molecular flexibility index (Phi) is 3.56. The lowest BCUT2D eigenvalue weighted by Gasteiger charge is -2.06. The van der Waals surface area contributed by atoms with E-state index in [0.717, 1.165) is 6.26 Å². The molecule has 0 saturated carbocycles. The summed E-state index contributed by atoms with van der Waals surface area (Å²) in [5, 5.41) is 17.0. The minimum absolute atomic E-state index is 0.226. The average Bonchev–Trinajstić information content (AvgIpc) is 2.05. The SMILES string of the molecule is CS(=O)(=O)Nc1ccc(OB(O)O)cc1. The van der Waals surface area contributed by atoms with Crippen molar-refractivity contribution in [2.75, 3.05) is 11.0 Å². The van der Waals surface area contributed by atoms with Crippen LogP contribution >= 0.6 is 0 Å². The van der Waals surface area contributed by atoms with E-state index in [1.165, 1.54) is 24.3 Å². The van der Waals surface area contributed by atoms with Crippen LogP contribution in [0.25, 0.3) is 0 Å². The molecule has 0 bridgehead atoms. The van der Waals surface area contributed by atoms with Crippen molar-refractivity contribution in [3.8, 4) is 5.75 Å². The van der Waals surface area contributed by atoms with Gasteiger partial charge in [0.15, 0.2) is 0 Å². The molecular formula is C7H10BNO5S. The van der Waals surface area contributed by atoms with Crippen LogP contribution in [0.1, 0.15) is 0 Å². The highest BCUT2D eigenvalue weighted by Gasteiger charge is 2.10. The summed E-state index contributed by atoms with van der Waals surface area (Å²) in [5.41, 5.74) is 0.372. The molecule has 0 aromatic heterocycles. The normalized spacial score (nSPS) is 10.9. The van der Waals surface area contributed by atoms with Crippen molar-refractivity contribution in [3.05, 3.63) is 24.3 Å². The van der Waals surface area contributed by atoms with Crippen LogP contribution in [-0.2, 0) is 10.0 Å². The highest BCUT2D eigenvalue weighted by Crippen LogP contribution is 2.16. The third kappa shape index (κ3) is 4.68. The van der Waals surface area contributed by atoms with E-state index < -0.39 is 17.3 Å². The van der Waals surface area contributed by atoms with Crippen LogP contribution in [0.5, 0.6) is 5.75 Å². The molecule has 0 saturated heterocycles. The van der Waals surface area contributed by atoms with Crippen LogP contribution in [0.15, 0.2) is 24.3 Å². The number of anilines is 1. The second-order valence-electron chi connectivity index (χ2n) is 2.84. The summed E-state index contributed by atoms with van der Waals surface area (Å²) in [7, 11) is -5.19. The number of rotatable bonds is 4. The highest BCUT2D eigenvalue weighted by molar-refractivity contribution is 7.92. The third-order valence-corrected chi connectivity index (χ3v) is 2.01. The van der Waals surface area contributed by atoms with Gasteiger partial charge >= 0.3 is 7.32 Å². The summed E-state index contributed by atoms with van der Waals surface area (Å²) in [6, 6.07) is 5.71. The molecule has 0 spiro atoms. The molecule has 0 unspecified atom stereocenters. The maximum absolute atomic E-state index is 10.8. The summed E-state index contributed by atoms with van der Waals surface area (Å²) >= 11 is 0. The molecule has 0 fully saturated rings. The van der Waals surface area contributed by atoms with Gasteiger partial charge in [-0.1, -0.05) is 0 Å². The Hall–Kier alpha value is -1.25. The second-order valence-corrected chi connectivity index (χ2v) is 4.59. The molecule has 0 radical (unpaired) electrons. The molecule has 1 rings (SSSR count). The van der Waals surface area contributed by atoms with Gasteiger partial charge < -0.3 is 14.7 Å². The Balaban J connectivity index is 2.73. The van der Waals surface area contributed by atoms with E-state index in [9.17, 15) is 8.42 Å². The van der Waals surface area contributed by atoms with E-state index in [0.29, 0.717) is 5.69 Å². The molecule has 15 heavy (non-hydrogen) atoms. The van der Waals surface area contributed by atoms with E-state index >= 15 is 0 Å². The first-order chi connectivity index (χ1) is 6.87. The number of benzene rings is 1. The third-order valence-electron chi connectivity index (χ3n) is 1.40. The molecule has 1 aromatic carbocycles. The standard InChI is InChI=1S/C7H10BNO5S/c1-15(12,13)9-6-2-4-7(5-3-6)14-8(10)11/h2-5,9-11H,1H3. The average molecular weight is 231 g/mol. The van der Waals surface area contributed by atoms with Gasteiger partial charge in [0, 0.05) is 5.69 Å². The fourth-order valence-corrected chi connectivity index (χ4v) is 1.50. The van der Waals surface area contributed by atoms with Crippen LogP contribution in [0, 0.1) is 0 Å². The van der Waals surface area contributed by atoms with E-state index in [-0.39, 0.29) is 5.75 Å². The fraction of sp³-hybridized carbons (Fsp3) is 0.143. The molecule has 6 nitrogen and oxygen atoms in total. The molecule has 3 N–H and O–H groups in total. The van der Waals surface area contributed by atoms with Crippen molar-refractivity contribution in [2.24, 2.45) is 0 Å². The summed E-state index contributed by atoms with van der Waals surface area (Å²) < 4.78 is 28.5. The van der Waals surface area contributed by atoms with E-state index in [1.54, 1.807) is 0 Å². The smallest absolute Gasteiger partial charge is 0.512 e. The minimum Gasteiger partial charge on any atom is -0.512 e. The van der Waals surface area contributed by atoms with Crippen molar-refractivity contribution in [3.63, 3.8) is 0 Å². The van der Waals surface area contributed by atoms with Crippen molar-refractivity contribution in [2.45, 2.75) is 0 Å². The van der Waals surface area contributed by atoms with Gasteiger partial charge in [-0.3, -0.25) is 4.72 Å². The second kappa shape index (κ2) is 4.52. The van der Waals surface area contributed by atoms with Crippen LogP contribution < -0.4 is 9.38 Å². The Morgan fingerprint density at radius 3 is 2.20 bits per heavy atom. The maximum Gasteiger partial charge on any atom is 0.707 e.